The molecule has 0 radical (unpaired) electrons. The number of ether oxygens (including phenoxy) is 4. The number of nitro groups is 1. The van der Waals surface area contributed by atoms with Crippen LogP contribution >= 0.6 is 11.6 Å². The number of benzene rings is 2. The summed E-state index contributed by atoms with van der Waals surface area (Å²) in [6.07, 6.45) is -2.03. The van der Waals surface area contributed by atoms with Crippen LogP contribution in [0.4, 0.5) is 11.4 Å². The minimum atomic E-state index is -1.42. The molecule has 0 bridgehead atoms. The fourth-order valence-electron chi connectivity index (χ4n) is 5.03. The van der Waals surface area contributed by atoms with Crippen molar-refractivity contribution < 1.29 is 33.8 Å². The van der Waals surface area contributed by atoms with Crippen molar-refractivity contribution >= 4 is 28.9 Å². The summed E-state index contributed by atoms with van der Waals surface area (Å²) in [7, 11) is 2.84. The number of aliphatic hydroxyl groups is 1. The van der Waals surface area contributed by atoms with E-state index in [0.717, 1.165) is 5.56 Å². The number of halogens is 1. The van der Waals surface area contributed by atoms with E-state index in [-0.39, 0.29) is 18.7 Å². The van der Waals surface area contributed by atoms with Crippen LogP contribution in [0.3, 0.4) is 0 Å². The number of anilines is 1. The van der Waals surface area contributed by atoms with Gasteiger partial charge in [-0.25, -0.2) is 4.79 Å². The second-order valence-corrected chi connectivity index (χ2v) is 9.05. The van der Waals surface area contributed by atoms with Gasteiger partial charge in [-0.2, -0.15) is 0 Å². The van der Waals surface area contributed by atoms with Crippen molar-refractivity contribution in [3.63, 3.8) is 0 Å². The van der Waals surface area contributed by atoms with Crippen LogP contribution in [0.15, 0.2) is 36.4 Å². The number of non-ortho nitro benzene ring substituents is 1. The maximum Gasteiger partial charge on any atom is 0.329 e. The number of methoxy groups -OCH3 is 2. The molecule has 188 valence electrons. The highest BCUT2D eigenvalue weighted by molar-refractivity contribution is 6.30. The standard InChI is InChI=1S/C24H27ClN2O8/c1-5-34-22(29)18-11-13-10-14(25)6-8-17(13)26(18)20-16-12-15(27(30)31)7-9-19(16)35-24(2,21(20)28)23(32-3)33-4/h6-10,12,18,20-21,23,28H,5,11H2,1-4H3/t18-,20-,21+,24-/m1/s1. The van der Waals surface area contributed by atoms with Gasteiger partial charge in [0.15, 0.2) is 11.9 Å². The zero-order chi connectivity index (χ0) is 25.5. The largest absolute Gasteiger partial charge is 0.479 e. The third kappa shape index (κ3) is 4.20. The number of rotatable bonds is 7. The van der Waals surface area contributed by atoms with E-state index in [1.54, 1.807) is 36.9 Å². The first-order valence-electron chi connectivity index (χ1n) is 11.1. The summed E-state index contributed by atoms with van der Waals surface area (Å²) < 4.78 is 22.4. The van der Waals surface area contributed by atoms with Gasteiger partial charge in [-0.15, -0.1) is 0 Å². The molecule has 4 atom stereocenters. The molecule has 0 amide bonds. The summed E-state index contributed by atoms with van der Waals surface area (Å²) in [5, 5.41) is 23.9. The Labute approximate surface area is 207 Å². The molecule has 2 aromatic rings. The molecule has 10 nitrogen and oxygen atoms in total. The number of nitro benzene ring substituents is 1. The molecule has 0 saturated carbocycles. The Morgan fingerprint density at radius 1 is 1.31 bits per heavy atom. The topological polar surface area (TPSA) is 121 Å². The molecule has 35 heavy (non-hydrogen) atoms. The molecule has 1 N–H and O–H groups in total. The van der Waals surface area contributed by atoms with E-state index in [1.165, 1.54) is 32.4 Å². The molecule has 11 heteroatoms. The second-order valence-electron chi connectivity index (χ2n) is 8.61. The molecule has 0 aromatic heterocycles. The van der Waals surface area contributed by atoms with Crippen molar-refractivity contribution in [2.45, 2.75) is 50.3 Å². The number of fused-ring (bicyclic) bond motifs is 2. The highest BCUT2D eigenvalue weighted by Gasteiger charge is 2.56. The number of hydrogen-bond donors (Lipinski definition) is 1. The quantitative estimate of drug-likeness (QED) is 0.260. The van der Waals surface area contributed by atoms with Gasteiger partial charge in [0.2, 0.25) is 0 Å². The van der Waals surface area contributed by atoms with Crippen molar-refractivity contribution in [3.8, 4) is 5.75 Å². The molecule has 0 aliphatic carbocycles. The second kappa shape index (κ2) is 9.62. The Hall–Kier alpha value is -2.92. The number of carbonyl (C=O) groups excluding carboxylic acids is 1. The van der Waals surface area contributed by atoms with Crippen molar-refractivity contribution in [2.24, 2.45) is 0 Å². The van der Waals surface area contributed by atoms with Gasteiger partial charge in [0.25, 0.3) is 5.69 Å². The maximum absolute atomic E-state index is 13.1. The van der Waals surface area contributed by atoms with Gasteiger partial charge in [-0.3, -0.25) is 10.1 Å². The van der Waals surface area contributed by atoms with Crippen molar-refractivity contribution in [1.82, 2.24) is 0 Å². The van der Waals surface area contributed by atoms with Crippen LogP contribution in [-0.4, -0.2) is 60.9 Å². The van der Waals surface area contributed by atoms with Crippen molar-refractivity contribution in [1.29, 1.82) is 0 Å². The minimum absolute atomic E-state index is 0.172. The first kappa shape index (κ1) is 25.2. The summed E-state index contributed by atoms with van der Waals surface area (Å²) in [5.74, 6) is -0.181. The third-order valence-electron chi connectivity index (χ3n) is 6.56. The average Bonchev–Trinajstić information content (AvgIpc) is 3.18. The fourth-order valence-corrected chi connectivity index (χ4v) is 5.23. The highest BCUT2D eigenvalue weighted by atomic mass is 35.5. The molecule has 2 aliphatic rings. The Balaban J connectivity index is 1.95. The minimum Gasteiger partial charge on any atom is -0.479 e. The Bertz CT molecular complexity index is 1140. The number of hydrogen-bond acceptors (Lipinski definition) is 9. The van der Waals surface area contributed by atoms with E-state index in [9.17, 15) is 20.0 Å². The van der Waals surface area contributed by atoms with Crippen molar-refractivity contribution in [2.75, 3.05) is 25.7 Å². The molecule has 0 fully saturated rings. The summed E-state index contributed by atoms with van der Waals surface area (Å²) in [6, 6.07) is 7.62. The predicted octanol–water partition coefficient (Wildman–Crippen LogP) is 3.41. The lowest BCUT2D eigenvalue weighted by molar-refractivity contribution is -0.385. The number of nitrogens with zero attached hydrogens (tertiary/aromatic N) is 2. The van der Waals surface area contributed by atoms with E-state index in [1.807, 2.05) is 0 Å². The lowest BCUT2D eigenvalue weighted by Crippen LogP contribution is -2.63. The molecule has 2 aromatic carbocycles. The summed E-state index contributed by atoms with van der Waals surface area (Å²) in [4.78, 5) is 25.9. The van der Waals surface area contributed by atoms with E-state index >= 15 is 0 Å². The van der Waals surface area contributed by atoms with E-state index < -0.39 is 41.0 Å². The lowest BCUT2D eigenvalue weighted by atomic mass is 9.83. The number of esters is 1. The lowest BCUT2D eigenvalue weighted by Gasteiger charge is -2.50. The first-order valence-corrected chi connectivity index (χ1v) is 11.5. The van der Waals surface area contributed by atoms with Crippen LogP contribution in [0.5, 0.6) is 5.75 Å². The Kier molecular flexibility index (Phi) is 6.92. The summed E-state index contributed by atoms with van der Waals surface area (Å²) >= 11 is 6.22. The van der Waals surface area contributed by atoms with Gasteiger partial charge in [-0.1, -0.05) is 11.6 Å². The summed E-state index contributed by atoms with van der Waals surface area (Å²) in [5.41, 5.74) is 0.201. The zero-order valence-corrected chi connectivity index (χ0v) is 20.5. The molecule has 2 aliphatic heterocycles. The molecular weight excluding hydrogens is 480 g/mol. The van der Waals surface area contributed by atoms with Crippen LogP contribution in [0.1, 0.15) is 31.0 Å². The predicted molar refractivity (Wildman–Crippen MR) is 127 cm³/mol. The summed E-state index contributed by atoms with van der Waals surface area (Å²) in [6.45, 7) is 3.51. The molecule has 0 spiro atoms. The monoisotopic (exact) mass is 506 g/mol. The Morgan fingerprint density at radius 3 is 2.66 bits per heavy atom. The van der Waals surface area contributed by atoms with Crippen LogP contribution < -0.4 is 9.64 Å². The molecule has 0 unspecified atom stereocenters. The van der Waals surface area contributed by atoms with E-state index in [0.29, 0.717) is 22.0 Å². The number of carbonyl (C=O) groups is 1. The van der Waals surface area contributed by atoms with Gasteiger partial charge >= 0.3 is 5.97 Å². The van der Waals surface area contributed by atoms with Gasteiger partial charge in [0, 0.05) is 49.0 Å². The van der Waals surface area contributed by atoms with E-state index in [2.05, 4.69) is 0 Å². The maximum atomic E-state index is 13.1. The van der Waals surface area contributed by atoms with Gasteiger partial charge in [-0.05, 0) is 43.7 Å². The normalized spacial score (nSPS) is 25.1. The van der Waals surface area contributed by atoms with Gasteiger partial charge in [0.1, 0.15) is 17.9 Å². The highest BCUT2D eigenvalue weighted by Crippen LogP contribution is 2.50. The van der Waals surface area contributed by atoms with Gasteiger partial charge in [0.05, 0.1) is 17.6 Å². The SMILES string of the molecule is CCOC(=O)[C@H]1Cc2cc(Cl)ccc2N1[C@@H]1c2cc([N+](=O)[O-])ccc2O[C@@](C)(C(OC)OC)[C@H]1O. The van der Waals surface area contributed by atoms with Crippen molar-refractivity contribution in [3.05, 3.63) is 62.7 Å². The van der Waals surface area contributed by atoms with Crippen LogP contribution in [0, 0.1) is 10.1 Å². The average molecular weight is 507 g/mol. The van der Waals surface area contributed by atoms with Gasteiger partial charge < -0.3 is 29.0 Å². The third-order valence-corrected chi connectivity index (χ3v) is 6.80. The fraction of sp³-hybridized carbons (Fsp3) is 0.458. The van der Waals surface area contributed by atoms with Crippen LogP contribution in [0.25, 0.3) is 0 Å². The molecule has 0 saturated heterocycles. The smallest absolute Gasteiger partial charge is 0.329 e. The first-order chi connectivity index (χ1) is 16.7. The molecule has 2 heterocycles. The molecule has 4 rings (SSSR count). The zero-order valence-electron chi connectivity index (χ0n) is 19.8. The Morgan fingerprint density at radius 2 is 2.03 bits per heavy atom. The molecular formula is C24H27ClN2O8. The van der Waals surface area contributed by atoms with Crippen LogP contribution in [0.2, 0.25) is 5.02 Å². The van der Waals surface area contributed by atoms with E-state index in [4.69, 9.17) is 30.5 Å². The number of aliphatic hydroxyl groups excluding tert-OH is 1. The van der Waals surface area contributed by atoms with Crippen LogP contribution in [-0.2, 0) is 25.4 Å².